The van der Waals surface area contributed by atoms with Crippen LogP contribution < -0.4 is 10.1 Å². The third kappa shape index (κ3) is 4.29. The van der Waals surface area contributed by atoms with Crippen LogP contribution in [0.2, 0.25) is 5.02 Å². The van der Waals surface area contributed by atoms with Crippen molar-refractivity contribution in [3.63, 3.8) is 0 Å². The summed E-state index contributed by atoms with van der Waals surface area (Å²) >= 11 is 7.21. The van der Waals surface area contributed by atoms with Crippen LogP contribution in [0, 0.1) is 0 Å². The SMILES string of the molecule is COc1ccc(-c2nc(Nc3ccc(Cl)cc3)sc2CC(=O)O)cc1. The van der Waals surface area contributed by atoms with E-state index in [1.165, 1.54) is 11.3 Å². The van der Waals surface area contributed by atoms with Gasteiger partial charge < -0.3 is 15.2 Å². The molecule has 2 N–H and O–H groups in total. The van der Waals surface area contributed by atoms with E-state index in [1.807, 2.05) is 36.4 Å². The molecule has 0 saturated carbocycles. The molecular weight excluding hydrogens is 360 g/mol. The van der Waals surface area contributed by atoms with Crippen molar-refractivity contribution in [2.45, 2.75) is 6.42 Å². The second-order valence-corrected chi connectivity index (χ2v) is 6.74. The Balaban J connectivity index is 1.93. The Bertz CT molecular complexity index is 876. The first kappa shape index (κ1) is 17.3. The second-order valence-electron chi connectivity index (χ2n) is 5.22. The lowest BCUT2D eigenvalue weighted by atomic mass is 10.1. The summed E-state index contributed by atoms with van der Waals surface area (Å²) in [7, 11) is 1.60. The highest BCUT2D eigenvalue weighted by Gasteiger charge is 2.16. The number of benzene rings is 2. The monoisotopic (exact) mass is 374 g/mol. The van der Waals surface area contributed by atoms with E-state index in [2.05, 4.69) is 10.3 Å². The molecule has 128 valence electrons. The molecule has 1 aromatic heterocycles. The van der Waals surface area contributed by atoms with E-state index in [1.54, 1.807) is 19.2 Å². The Morgan fingerprint density at radius 3 is 2.48 bits per heavy atom. The molecule has 1 heterocycles. The molecule has 3 rings (SSSR count). The van der Waals surface area contributed by atoms with Gasteiger partial charge in [0.15, 0.2) is 5.13 Å². The number of hydrogen-bond donors (Lipinski definition) is 2. The van der Waals surface area contributed by atoms with Gasteiger partial charge in [-0.1, -0.05) is 11.6 Å². The molecule has 0 bridgehead atoms. The van der Waals surface area contributed by atoms with E-state index in [9.17, 15) is 9.90 Å². The van der Waals surface area contributed by atoms with Gasteiger partial charge in [-0.2, -0.15) is 0 Å². The van der Waals surface area contributed by atoms with Crippen molar-refractivity contribution in [1.82, 2.24) is 4.98 Å². The number of rotatable bonds is 6. The van der Waals surface area contributed by atoms with Crippen LogP contribution in [0.25, 0.3) is 11.3 Å². The Morgan fingerprint density at radius 1 is 1.20 bits per heavy atom. The fourth-order valence-corrected chi connectivity index (χ4v) is 3.41. The van der Waals surface area contributed by atoms with Crippen molar-refractivity contribution in [3.05, 3.63) is 58.4 Å². The number of methoxy groups -OCH3 is 1. The number of aromatic nitrogens is 1. The Kier molecular flexibility index (Phi) is 5.21. The topological polar surface area (TPSA) is 71.5 Å². The molecule has 0 saturated heterocycles. The van der Waals surface area contributed by atoms with Crippen LogP contribution in [-0.4, -0.2) is 23.2 Å². The van der Waals surface area contributed by atoms with Gasteiger partial charge >= 0.3 is 5.97 Å². The summed E-state index contributed by atoms with van der Waals surface area (Å²) in [6.45, 7) is 0. The number of halogens is 1. The van der Waals surface area contributed by atoms with Crippen LogP contribution in [0.5, 0.6) is 5.75 Å². The Morgan fingerprint density at radius 2 is 1.88 bits per heavy atom. The number of carboxylic acids is 1. The molecule has 0 aliphatic carbocycles. The number of nitrogens with zero attached hydrogens (tertiary/aromatic N) is 1. The van der Waals surface area contributed by atoms with Gasteiger partial charge in [0.1, 0.15) is 5.75 Å². The summed E-state index contributed by atoms with van der Waals surface area (Å²) in [4.78, 5) is 16.4. The highest BCUT2D eigenvalue weighted by Crippen LogP contribution is 2.34. The van der Waals surface area contributed by atoms with Gasteiger partial charge in [0.25, 0.3) is 0 Å². The van der Waals surface area contributed by atoms with Crippen molar-refractivity contribution in [1.29, 1.82) is 0 Å². The molecule has 2 aromatic carbocycles. The molecule has 0 aliphatic rings. The Labute approximate surface area is 153 Å². The first-order chi connectivity index (χ1) is 12.0. The quantitative estimate of drug-likeness (QED) is 0.645. The van der Waals surface area contributed by atoms with E-state index >= 15 is 0 Å². The molecule has 0 radical (unpaired) electrons. The predicted molar refractivity (Wildman–Crippen MR) is 100 cm³/mol. The van der Waals surface area contributed by atoms with Gasteiger partial charge in [0.05, 0.1) is 19.2 Å². The summed E-state index contributed by atoms with van der Waals surface area (Å²) in [6.07, 6.45) is -0.0820. The lowest BCUT2D eigenvalue weighted by Gasteiger charge is -2.03. The number of anilines is 2. The van der Waals surface area contributed by atoms with Crippen LogP contribution in [0.15, 0.2) is 48.5 Å². The molecule has 5 nitrogen and oxygen atoms in total. The summed E-state index contributed by atoms with van der Waals surface area (Å²) in [5.41, 5.74) is 2.34. The summed E-state index contributed by atoms with van der Waals surface area (Å²) < 4.78 is 5.16. The van der Waals surface area contributed by atoms with Crippen LogP contribution >= 0.6 is 22.9 Å². The average molecular weight is 375 g/mol. The molecule has 0 amide bonds. The van der Waals surface area contributed by atoms with Crippen molar-refractivity contribution in [2.75, 3.05) is 12.4 Å². The maximum Gasteiger partial charge on any atom is 0.308 e. The predicted octanol–water partition coefficient (Wildman–Crippen LogP) is 4.84. The van der Waals surface area contributed by atoms with Gasteiger partial charge in [-0.15, -0.1) is 11.3 Å². The molecule has 0 spiro atoms. The van der Waals surface area contributed by atoms with E-state index in [0.29, 0.717) is 20.7 Å². The highest BCUT2D eigenvalue weighted by molar-refractivity contribution is 7.16. The summed E-state index contributed by atoms with van der Waals surface area (Å²) in [5.74, 6) is -0.158. The summed E-state index contributed by atoms with van der Waals surface area (Å²) in [5, 5.41) is 13.6. The van der Waals surface area contributed by atoms with Crippen LogP contribution in [0.4, 0.5) is 10.8 Å². The number of aliphatic carboxylic acids is 1. The molecule has 25 heavy (non-hydrogen) atoms. The number of ether oxygens (including phenoxy) is 1. The smallest absolute Gasteiger partial charge is 0.308 e. The normalized spacial score (nSPS) is 10.5. The highest BCUT2D eigenvalue weighted by atomic mass is 35.5. The lowest BCUT2D eigenvalue weighted by molar-refractivity contribution is -0.136. The van der Waals surface area contributed by atoms with Crippen molar-refractivity contribution in [2.24, 2.45) is 0 Å². The van der Waals surface area contributed by atoms with Crippen molar-refractivity contribution >= 4 is 39.7 Å². The number of thiazole rings is 1. The number of hydrogen-bond acceptors (Lipinski definition) is 5. The van der Waals surface area contributed by atoms with E-state index < -0.39 is 5.97 Å². The van der Waals surface area contributed by atoms with Gasteiger partial charge in [-0.3, -0.25) is 4.79 Å². The fourth-order valence-electron chi connectivity index (χ4n) is 2.29. The number of nitrogens with one attached hydrogen (secondary N) is 1. The minimum Gasteiger partial charge on any atom is -0.497 e. The molecule has 0 fully saturated rings. The number of carbonyl (C=O) groups is 1. The average Bonchev–Trinajstić information content (AvgIpc) is 2.98. The fraction of sp³-hybridized carbons (Fsp3) is 0.111. The standard InChI is InChI=1S/C18H15ClN2O3S/c1-24-14-8-2-11(3-9-14)17-15(10-16(22)23)25-18(21-17)20-13-6-4-12(19)5-7-13/h2-9H,10H2,1H3,(H,20,21)(H,22,23). The molecule has 7 heteroatoms. The van der Waals surface area contributed by atoms with E-state index in [4.69, 9.17) is 16.3 Å². The van der Waals surface area contributed by atoms with E-state index in [0.717, 1.165) is 17.0 Å². The maximum absolute atomic E-state index is 11.2. The van der Waals surface area contributed by atoms with Crippen LogP contribution in [-0.2, 0) is 11.2 Å². The largest absolute Gasteiger partial charge is 0.497 e. The third-order valence-electron chi connectivity index (χ3n) is 3.47. The number of carboxylic acid groups (broad SMARTS) is 1. The minimum absolute atomic E-state index is 0.0820. The Hall–Kier alpha value is -2.57. The molecule has 0 unspecified atom stereocenters. The first-order valence-corrected chi connectivity index (χ1v) is 8.63. The lowest BCUT2D eigenvalue weighted by Crippen LogP contribution is -1.99. The molecule has 0 atom stereocenters. The maximum atomic E-state index is 11.2. The molecular formula is C18H15ClN2O3S. The zero-order valence-electron chi connectivity index (χ0n) is 13.3. The zero-order valence-corrected chi connectivity index (χ0v) is 14.9. The van der Waals surface area contributed by atoms with E-state index in [-0.39, 0.29) is 6.42 Å². The molecule has 3 aromatic rings. The second kappa shape index (κ2) is 7.55. The first-order valence-electron chi connectivity index (χ1n) is 7.43. The van der Waals surface area contributed by atoms with Crippen LogP contribution in [0.3, 0.4) is 0 Å². The van der Waals surface area contributed by atoms with Crippen molar-refractivity contribution in [3.8, 4) is 17.0 Å². The van der Waals surface area contributed by atoms with Gasteiger partial charge in [0.2, 0.25) is 0 Å². The van der Waals surface area contributed by atoms with Gasteiger partial charge in [0, 0.05) is 21.2 Å². The summed E-state index contributed by atoms with van der Waals surface area (Å²) in [6, 6.07) is 14.6. The van der Waals surface area contributed by atoms with Crippen molar-refractivity contribution < 1.29 is 14.6 Å². The van der Waals surface area contributed by atoms with Crippen LogP contribution in [0.1, 0.15) is 4.88 Å². The molecule has 0 aliphatic heterocycles. The minimum atomic E-state index is -0.892. The van der Waals surface area contributed by atoms with Gasteiger partial charge in [-0.05, 0) is 48.5 Å². The third-order valence-corrected chi connectivity index (χ3v) is 4.69. The van der Waals surface area contributed by atoms with Gasteiger partial charge in [-0.25, -0.2) is 4.98 Å². The zero-order chi connectivity index (χ0) is 17.8.